The normalized spacial score (nSPS) is 13.4. The monoisotopic (exact) mass is 265 g/mol. The van der Waals surface area contributed by atoms with Crippen LogP contribution < -0.4 is 15.7 Å². The third kappa shape index (κ3) is 4.33. The fourth-order valence-electron chi connectivity index (χ4n) is 1.50. The van der Waals surface area contributed by atoms with Crippen molar-refractivity contribution in [2.45, 2.75) is 26.3 Å². The van der Waals surface area contributed by atoms with E-state index in [1.54, 1.807) is 0 Å². The van der Waals surface area contributed by atoms with Crippen molar-refractivity contribution in [1.82, 2.24) is 5.32 Å². The smallest absolute Gasteiger partial charge is 0.171 e. The van der Waals surface area contributed by atoms with Crippen molar-refractivity contribution in [1.29, 1.82) is 0 Å². The second-order valence-corrected chi connectivity index (χ2v) is 4.55. The molecule has 0 spiro atoms. The molecule has 4 nitrogen and oxygen atoms in total. The first-order chi connectivity index (χ1) is 8.54. The number of carbonyl (C=O) groups excluding carboxylic acids is 1. The van der Waals surface area contributed by atoms with Gasteiger partial charge >= 0.3 is 0 Å². The number of carbonyl (C=O) groups is 1. The summed E-state index contributed by atoms with van der Waals surface area (Å²) in [5.41, 5.74) is 0.816. The van der Waals surface area contributed by atoms with Gasteiger partial charge in [-0.25, -0.2) is 0 Å². The topological polar surface area (TPSA) is 64.2 Å². The van der Waals surface area contributed by atoms with Crippen LogP contribution in [0.2, 0.25) is 0 Å². The van der Waals surface area contributed by atoms with E-state index in [0.717, 1.165) is 12.1 Å². The summed E-state index contributed by atoms with van der Waals surface area (Å²) in [6.45, 7) is 3.77. The molecule has 1 rings (SSSR count). The molecule has 0 aliphatic heterocycles. The third-order valence-corrected chi connectivity index (χ3v) is 3.01. The summed E-state index contributed by atoms with van der Waals surface area (Å²) in [4.78, 5) is 11.0. The van der Waals surface area contributed by atoms with Crippen molar-refractivity contribution in [3.8, 4) is 0 Å². The fourth-order valence-corrected chi connectivity index (χ4v) is 1.74. The minimum atomic E-state index is -1.14. The van der Waals surface area contributed by atoms with Gasteiger partial charge in [0.2, 0.25) is 0 Å². The van der Waals surface area contributed by atoms with Crippen LogP contribution in [0.1, 0.15) is 20.3 Å². The maximum Gasteiger partial charge on any atom is 0.171 e. The first-order valence-electron chi connectivity index (χ1n) is 5.88. The number of aliphatic carboxylic acids is 1. The van der Waals surface area contributed by atoms with Crippen LogP contribution in [0.4, 0.5) is 5.69 Å². The number of thiocarbonyl (C=S) groups is 1. The highest BCUT2D eigenvalue weighted by Gasteiger charge is 2.17. The summed E-state index contributed by atoms with van der Waals surface area (Å²) in [6, 6.07) is 8.56. The predicted molar refractivity (Wildman–Crippen MR) is 74.0 cm³/mol. The summed E-state index contributed by atoms with van der Waals surface area (Å²) >= 11 is 5.09. The van der Waals surface area contributed by atoms with Crippen molar-refractivity contribution in [3.05, 3.63) is 30.3 Å². The Kier molecular flexibility index (Phi) is 5.58. The second-order valence-electron chi connectivity index (χ2n) is 4.15. The van der Waals surface area contributed by atoms with Crippen molar-refractivity contribution < 1.29 is 9.90 Å². The van der Waals surface area contributed by atoms with Gasteiger partial charge in [0, 0.05) is 5.69 Å². The minimum absolute atomic E-state index is 0.0504. The van der Waals surface area contributed by atoms with Crippen LogP contribution in [-0.2, 0) is 4.79 Å². The van der Waals surface area contributed by atoms with Crippen LogP contribution in [0.3, 0.4) is 0 Å². The number of nitrogens with one attached hydrogen (secondary N) is 2. The number of para-hydroxylation sites is 1. The van der Waals surface area contributed by atoms with E-state index < -0.39 is 12.0 Å². The first-order valence-corrected chi connectivity index (χ1v) is 6.28. The van der Waals surface area contributed by atoms with Gasteiger partial charge in [-0.3, -0.25) is 0 Å². The highest BCUT2D eigenvalue weighted by atomic mass is 32.1. The molecule has 0 heterocycles. The zero-order valence-electron chi connectivity index (χ0n) is 10.5. The molecule has 98 valence electrons. The van der Waals surface area contributed by atoms with E-state index in [-0.39, 0.29) is 11.0 Å². The molecule has 5 heteroatoms. The molecule has 1 aromatic carbocycles. The van der Waals surface area contributed by atoms with E-state index >= 15 is 0 Å². The zero-order valence-corrected chi connectivity index (χ0v) is 11.3. The average molecular weight is 265 g/mol. The highest BCUT2D eigenvalue weighted by molar-refractivity contribution is 7.80. The van der Waals surface area contributed by atoms with Gasteiger partial charge in [-0.1, -0.05) is 38.5 Å². The van der Waals surface area contributed by atoms with Gasteiger partial charge in [0.05, 0.1) is 12.0 Å². The predicted octanol–water partition coefficient (Wildman–Crippen LogP) is 1.14. The van der Waals surface area contributed by atoms with Crippen molar-refractivity contribution in [2.24, 2.45) is 5.92 Å². The second kappa shape index (κ2) is 6.96. The van der Waals surface area contributed by atoms with E-state index in [0.29, 0.717) is 0 Å². The standard InChI is InChI=1S/C13H18N2O2S/c1-3-9(2)11(12(16)17)15-13(18)14-10-7-5-4-6-8-10/h4-9,11H,3H2,1-2H3,(H,16,17)(H2,14,15,18)/p-1/t9-,11-/m0/s1. The van der Waals surface area contributed by atoms with Gasteiger partial charge < -0.3 is 20.5 Å². The fraction of sp³-hybridized carbons (Fsp3) is 0.385. The summed E-state index contributed by atoms with van der Waals surface area (Å²) in [7, 11) is 0. The maximum atomic E-state index is 11.0. The summed E-state index contributed by atoms with van der Waals surface area (Å²) in [6.07, 6.45) is 0.736. The number of benzene rings is 1. The maximum absolute atomic E-state index is 11.0. The molecule has 0 saturated heterocycles. The average Bonchev–Trinajstić information content (AvgIpc) is 2.36. The Morgan fingerprint density at radius 1 is 1.39 bits per heavy atom. The molecule has 0 bridgehead atoms. The Morgan fingerprint density at radius 2 is 2.00 bits per heavy atom. The molecule has 0 saturated carbocycles. The number of rotatable bonds is 5. The van der Waals surface area contributed by atoms with Gasteiger partial charge in [0.1, 0.15) is 0 Å². The SMILES string of the molecule is CC[C@H](C)[C@H](NC(=S)Nc1ccccc1)C(=O)[O-]. The molecule has 1 aromatic rings. The van der Waals surface area contributed by atoms with E-state index in [2.05, 4.69) is 10.6 Å². The first kappa shape index (κ1) is 14.4. The van der Waals surface area contributed by atoms with E-state index in [1.807, 2.05) is 44.2 Å². The third-order valence-electron chi connectivity index (χ3n) is 2.79. The van der Waals surface area contributed by atoms with E-state index in [1.165, 1.54) is 0 Å². The van der Waals surface area contributed by atoms with Gasteiger partial charge in [-0.2, -0.15) is 0 Å². The summed E-state index contributed by atoms with van der Waals surface area (Å²) in [5.74, 6) is -1.19. The highest BCUT2D eigenvalue weighted by Crippen LogP contribution is 2.09. The van der Waals surface area contributed by atoms with Gasteiger partial charge in [0.15, 0.2) is 5.11 Å². The lowest BCUT2D eigenvalue weighted by Crippen LogP contribution is -2.52. The van der Waals surface area contributed by atoms with Gasteiger partial charge in [-0.15, -0.1) is 0 Å². The van der Waals surface area contributed by atoms with Crippen molar-refractivity contribution in [2.75, 3.05) is 5.32 Å². The minimum Gasteiger partial charge on any atom is -0.548 e. The molecule has 18 heavy (non-hydrogen) atoms. The summed E-state index contributed by atoms with van der Waals surface area (Å²) in [5, 5.41) is 17.0. The van der Waals surface area contributed by atoms with Crippen LogP contribution >= 0.6 is 12.2 Å². The number of carboxylic acid groups (broad SMARTS) is 1. The Bertz CT molecular complexity index is 409. The van der Waals surface area contributed by atoms with Crippen LogP contribution in [0.25, 0.3) is 0 Å². The van der Waals surface area contributed by atoms with Crippen LogP contribution in [0.15, 0.2) is 30.3 Å². The lowest BCUT2D eigenvalue weighted by molar-refractivity contribution is -0.309. The lowest BCUT2D eigenvalue weighted by Gasteiger charge is -2.26. The molecule has 0 amide bonds. The van der Waals surface area contributed by atoms with Gasteiger partial charge in [-0.05, 0) is 30.3 Å². The quantitative estimate of drug-likeness (QED) is 0.782. The molecule has 0 aromatic heterocycles. The summed E-state index contributed by atoms with van der Waals surface area (Å²) < 4.78 is 0. The molecule has 0 aliphatic rings. The van der Waals surface area contributed by atoms with E-state index in [9.17, 15) is 9.90 Å². The van der Waals surface area contributed by atoms with Crippen molar-refractivity contribution >= 4 is 29.0 Å². The van der Waals surface area contributed by atoms with Crippen LogP contribution in [0.5, 0.6) is 0 Å². The molecule has 0 fully saturated rings. The Morgan fingerprint density at radius 3 is 2.50 bits per heavy atom. The number of anilines is 1. The molecule has 0 unspecified atom stereocenters. The zero-order chi connectivity index (χ0) is 13.5. The number of carboxylic acids is 1. The number of hydrogen-bond donors (Lipinski definition) is 2. The Balaban J connectivity index is 2.60. The Hall–Kier alpha value is -1.62. The number of hydrogen-bond acceptors (Lipinski definition) is 3. The van der Waals surface area contributed by atoms with Crippen molar-refractivity contribution in [3.63, 3.8) is 0 Å². The molecule has 0 radical (unpaired) electrons. The molecular weight excluding hydrogens is 248 g/mol. The molecule has 2 N–H and O–H groups in total. The van der Waals surface area contributed by atoms with Crippen LogP contribution in [-0.4, -0.2) is 17.1 Å². The Labute approximate surface area is 112 Å². The molecule has 0 aliphatic carbocycles. The largest absolute Gasteiger partial charge is 0.548 e. The van der Waals surface area contributed by atoms with Crippen LogP contribution in [0, 0.1) is 5.92 Å². The molecular formula is C13H17N2O2S-. The van der Waals surface area contributed by atoms with E-state index in [4.69, 9.17) is 12.2 Å². The van der Waals surface area contributed by atoms with Gasteiger partial charge in [0.25, 0.3) is 0 Å². The lowest BCUT2D eigenvalue weighted by atomic mass is 10.00. The molecule has 2 atom stereocenters.